The number of hydrogen-bond acceptors (Lipinski definition) is 4. The summed E-state index contributed by atoms with van der Waals surface area (Å²) in [5.41, 5.74) is 4.99. The molecule has 0 bridgehead atoms. The summed E-state index contributed by atoms with van der Waals surface area (Å²) in [5.74, 6) is 1.49. The van der Waals surface area contributed by atoms with E-state index in [4.69, 9.17) is 10.2 Å². The van der Waals surface area contributed by atoms with Gasteiger partial charge in [-0.2, -0.15) is 0 Å². The molecule has 6 heteroatoms. The lowest BCUT2D eigenvalue weighted by Gasteiger charge is -2.27. The molecule has 1 fully saturated rings. The Morgan fingerprint density at radius 3 is 2.86 bits per heavy atom. The van der Waals surface area contributed by atoms with Crippen molar-refractivity contribution < 1.29 is 14.0 Å². The van der Waals surface area contributed by atoms with Gasteiger partial charge in [-0.25, -0.2) is 4.79 Å². The van der Waals surface area contributed by atoms with Crippen LogP contribution in [-0.2, 0) is 11.2 Å². The Kier molecular flexibility index (Phi) is 5.38. The van der Waals surface area contributed by atoms with Crippen LogP contribution in [0.25, 0.3) is 0 Å². The number of furan rings is 1. The summed E-state index contributed by atoms with van der Waals surface area (Å²) in [6.45, 7) is 3.03. The first-order chi connectivity index (χ1) is 10.1. The zero-order valence-electron chi connectivity index (χ0n) is 12.4. The van der Waals surface area contributed by atoms with Crippen molar-refractivity contribution in [3.63, 3.8) is 0 Å². The van der Waals surface area contributed by atoms with Gasteiger partial charge in [0.1, 0.15) is 11.5 Å². The minimum Gasteiger partial charge on any atom is -0.464 e. The SMILES string of the molecule is CCc1ccc([C@H]2CCCCCN2CC(=O)NC(N)=O)o1. The molecule has 1 saturated heterocycles. The van der Waals surface area contributed by atoms with Crippen LogP contribution in [0.5, 0.6) is 0 Å². The monoisotopic (exact) mass is 293 g/mol. The van der Waals surface area contributed by atoms with Gasteiger partial charge in [0.2, 0.25) is 5.91 Å². The second-order valence-electron chi connectivity index (χ2n) is 5.41. The first-order valence-corrected chi connectivity index (χ1v) is 7.52. The highest BCUT2D eigenvalue weighted by molar-refractivity contribution is 5.94. The number of urea groups is 1. The lowest BCUT2D eigenvalue weighted by molar-refractivity contribution is -0.121. The van der Waals surface area contributed by atoms with Crippen LogP contribution in [0.4, 0.5) is 4.79 Å². The van der Waals surface area contributed by atoms with E-state index in [0.717, 1.165) is 50.2 Å². The van der Waals surface area contributed by atoms with Gasteiger partial charge < -0.3 is 10.2 Å². The van der Waals surface area contributed by atoms with Crippen molar-refractivity contribution in [2.75, 3.05) is 13.1 Å². The van der Waals surface area contributed by atoms with Crippen molar-refractivity contribution in [2.24, 2.45) is 5.73 Å². The van der Waals surface area contributed by atoms with Gasteiger partial charge in [0.15, 0.2) is 0 Å². The zero-order valence-corrected chi connectivity index (χ0v) is 12.4. The molecule has 3 N–H and O–H groups in total. The Balaban J connectivity index is 2.10. The minimum absolute atomic E-state index is 0.0893. The number of likely N-dealkylation sites (tertiary alicyclic amines) is 1. The molecule has 1 aliphatic heterocycles. The first-order valence-electron chi connectivity index (χ1n) is 7.52. The quantitative estimate of drug-likeness (QED) is 0.888. The maximum Gasteiger partial charge on any atom is 0.318 e. The van der Waals surface area contributed by atoms with Crippen molar-refractivity contribution in [3.8, 4) is 0 Å². The number of carbonyl (C=O) groups is 2. The molecule has 2 rings (SSSR count). The summed E-state index contributed by atoms with van der Waals surface area (Å²) in [6.07, 6.45) is 5.11. The summed E-state index contributed by atoms with van der Waals surface area (Å²) in [5, 5.41) is 2.13. The summed E-state index contributed by atoms with van der Waals surface area (Å²) in [6, 6.07) is 3.26. The van der Waals surface area contributed by atoms with Crippen LogP contribution in [0, 0.1) is 0 Å². The van der Waals surface area contributed by atoms with Gasteiger partial charge >= 0.3 is 6.03 Å². The molecule has 0 unspecified atom stereocenters. The maximum absolute atomic E-state index is 11.8. The van der Waals surface area contributed by atoms with E-state index >= 15 is 0 Å². The molecule has 116 valence electrons. The molecule has 0 aliphatic carbocycles. The van der Waals surface area contributed by atoms with Gasteiger partial charge in [-0.1, -0.05) is 19.8 Å². The van der Waals surface area contributed by atoms with E-state index in [1.165, 1.54) is 0 Å². The average Bonchev–Trinajstić information content (AvgIpc) is 2.78. The number of rotatable bonds is 4. The van der Waals surface area contributed by atoms with Gasteiger partial charge in [-0.15, -0.1) is 0 Å². The van der Waals surface area contributed by atoms with E-state index in [2.05, 4.69) is 10.2 Å². The number of aryl methyl sites for hydroxylation is 1. The fourth-order valence-corrected chi connectivity index (χ4v) is 2.80. The average molecular weight is 293 g/mol. The Morgan fingerprint density at radius 2 is 2.19 bits per heavy atom. The van der Waals surface area contributed by atoms with Crippen LogP contribution >= 0.6 is 0 Å². The molecule has 1 aromatic heterocycles. The number of primary amides is 1. The Hall–Kier alpha value is -1.82. The Bertz CT molecular complexity index is 498. The normalized spacial score (nSPS) is 20.0. The number of imide groups is 1. The molecule has 21 heavy (non-hydrogen) atoms. The molecule has 0 saturated carbocycles. The number of nitrogens with two attached hydrogens (primary N) is 1. The lowest BCUT2D eigenvalue weighted by Crippen LogP contribution is -2.43. The van der Waals surface area contributed by atoms with Gasteiger partial charge in [-0.3, -0.25) is 15.0 Å². The molecule has 0 radical (unpaired) electrons. The third-order valence-electron chi connectivity index (χ3n) is 3.83. The lowest BCUT2D eigenvalue weighted by atomic mass is 10.1. The number of nitrogens with one attached hydrogen (secondary N) is 1. The second kappa shape index (κ2) is 7.26. The van der Waals surface area contributed by atoms with Crippen LogP contribution in [0.1, 0.15) is 50.2 Å². The molecule has 1 aliphatic rings. The van der Waals surface area contributed by atoms with E-state index in [1.807, 2.05) is 19.1 Å². The molecular formula is C15H23N3O3. The molecule has 6 nitrogen and oxygen atoms in total. The van der Waals surface area contributed by atoms with Crippen LogP contribution in [0.3, 0.4) is 0 Å². The maximum atomic E-state index is 11.8. The molecular weight excluding hydrogens is 270 g/mol. The highest BCUT2D eigenvalue weighted by Gasteiger charge is 2.27. The second-order valence-corrected chi connectivity index (χ2v) is 5.41. The number of amides is 3. The highest BCUT2D eigenvalue weighted by atomic mass is 16.3. The van der Waals surface area contributed by atoms with Crippen LogP contribution in [-0.4, -0.2) is 29.9 Å². The van der Waals surface area contributed by atoms with Crippen LogP contribution < -0.4 is 11.1 Å². The molecule has 1 atom stereocenters. The Labute approximate surface area is 124 Å². The molecule has 3 amide bonds. The fraction of sp³-hybridized carbons (Fsp3) is 0.600. The summed E-state index contributed by atoms with van der Waals surface area (Å²) in [7, 11) is 0. The van der Waals surface area contributed by atoms with Crippen LogP contribution in [0.2, 0.25) is 0 Å². The fourth-order valence-electron chi connectivity index (χ4n) is 2.80. The van der Waals surface area contributed by atoms with E-state index in [-0.39, 0.29) is 18.5 Å². The van der Waals surface area contributed by atoms with E-state index < -0.39 is 6.03 Å². The standard InChI is InChI=1S/C15H23N3O3/c1-2-11-7-8-13(21-11)12-6-4-3-5-9-18(12)10-14(19)17-15(16)20/h7-8,12H,2-6,9-10H2,1H3,(H3,16,17,19,20)/t12-/m1/s1. The number of nitrogens with zero attached hydrogens (tertiary/aromatic N) is 1. The summed E-state index contributed by atoms with van der Waals surface area (Å²) >= 11 is 0. The third kappa shape index (κ3) is 4.32. The van der Waals surface area contributed by atoms with Crippen molar-refractivity contribution in [1.82, 2.24) is 10.2 Å². The molecule has 0 spiro atoms. The molecule has 2 heterocycles. The van der Waals surface area contributed by atoms with Gasteiger partial charge in [0.05, 0.1) is 12.6 Å². The van der Waals surface area contributed by atoms with Gasteiger partial charge in [0.25, 0.3) is 0 Å². The third-order valence-corrected chi connectivity index (χ3v) is 3.83. The van der Waals surface area contributed by atoms with Crippen molar-refractivity contribution >= 4 is 11.9 Å². The largest absolute Gasteiger partial charge is 0.464 e. The number of carbonyl (C=O) groups excluding carboxylic acids is 2. The smallest absolute Gasteiger partial charge is 0.318 e. The highest BCUT2D eigenvalue weighted by Crippen LogP contribution is 2.31. The van der Waals surface area contributed by atoms with Crippen molar-refractivity contribution in [1.29, 1.82) is 0 Å². The van der Waals surface area contributed by atoms with E-state index in [0.29, 0.717) is 0 Å². The van der Waals surface area contributed by atoms with Crippen molar-refractivity contribution in [3.05, 3.63) is 23.7 Å². The molecule has 1 aromatic rings. The van der Waals surface area contributed by atoms with E-state index in [1.54, 1.807) is 0 Å². The van der Waals surface area contributed by atoms with E-state index in [9.17, 15) is 9.59 Å². The summed E-state index contributed by atoms with van der Waals surface area (Å²) < 4.78 is 5.86. The topological polar surface area (TPSA) is 88.6 Å². The summed E-state index contributed by atoms with van der Waals surface area (Å²) in [4.78, 5) is 24.6. The predicted octanol–water partition coefficient (Wildman–Crippen LogP) is 1.95. The molecule has 0 aromatic carbocycles. The van der Waals surface area contributed by atoms with Crippen molar-refractivity contribution in [2.45, 2.75) is 45.1 Å². The Morgan fingerprint density at radius 1 is 1.38 bits per heavy atom. The van der Waals surface area contributed by atoms with Gasteiger partial charge in [0, 0.05) is 6.42 Å². The zero-order chi connectivity index (χ0) is 15.2. The predicted molar refractivity (Wildman–Crippen MR) is 78.6 cm³/mol. The minimum atomic E-state index is -0.808. The number of hydrogen-bond donors (Lipinski definition) is 2. The first kappa shape index (κ1) is 15.6. The van der Waals surface area contributed by atoms with Crippen LogP contribution in [0.15, 0.2) is 16.5 Å². The van der Waals surface area contributed by atoms with Gasteiger partial charge in [-0.05, 0) is 31.5 Å².